The van der Waals surface area contributed by atoms with E-state index in [9.17, 15) is 15.2 Å². The Kier molecular flexibility index (Phi) is 5.32. The van der Waals surface area contributed by atoms with Gasteiger partial charge in [0.05, 0.1) is 16.3 Å². The van der Waals surface area contributed by atoms with Crippen LogP contribution in [0.4, 0.5) is 11.5 Å². The van der Waals surface area contributed by atoms with Gasteiger partial charge >= 0.3 is 0 Å². The fraction of sp³-hybridized carbons (Fsp3) is 0.250. The van der Waals surface area contributed by atoms with Crippen molar-refractivity contribution in [1.82, 2.24) is 9.78 Å². The molecule has 0 saturated heterocycles. The summed E-state index contributed by atoms with van der Waals surface area (Å²) in [7, 11) is 0. The number of aromatic nitrogens is 2. The molecule has 0 aliphatic carbocycles. The first-order chi connectivity index (χ1) is 13.2. The molecule has 3 rings (SSSR count). The minimum atomic E-state index is -1.37. The number of hydrogen-bond donors (Lipinski definition) is 2. The first-order valence-corrected chi connectivity index (χ1v) is 8.76. The quantitative estimate of drug-likeness (QED) is 0.381. The number of hydrogen-bond acceptors (Lipinski definition) is 6. The number of benzene rings is 2. The maximum absolute atomic E-state index is 10.7. The van der Waals surface area contributed by atoms with Gasteiger partial charge in [0.2, 0.25) is 0 Å². The number of non-ortho nitro benzene ring substituents is 1. The molecule has 1 atom stereocenters. The van der Waals surface area contributed by atoms with Crippen molar-refractivity contribution in [2.24, 2.45) is 0 Å². The predicted octanol–water partition coefficient (Wildman–Crippen LogP) is 3.84. The monoisotopic (exact) mass is 382 g/mol. The minimum Gasteiger partial charge on any atom is -0.447 e. The average molecular weight is 382 g/mol. The zero-order valence-corrected chi connectivity index (χ0v) is 15.9. The van der Waals surface area contributed by atoms with Gasteiger partial charge in [-0.25, -0.2) is 4.68 Å². The third-order valence-corrected chi connectivity index (χ3v) is 4.05. The number of nitro benzene ring substituents is 1. The number of ether oxygens (including phenoxy) is 1. The molecule has 0 saturated carbocycles. The highest BCUT2D eigenvalue weighted by molar-refractivity contribution is 5.47. The highest BCUT2D eigenvalue weighted by Crippen LogP contribution is 2.27. The molecule has 0 radical (unpaired) electrons. The molecule has 2 aromatic carbocycles. The number of nitrogens with zero attached hydrogens (tertiary/aromatic N) is 3. The van der Waals surface area contributed by atoms with Crippen LogP contribution in [-0.4, -0.2) is 26.2 Å². The van der Waals surface area contributed by atoms with Gasteiger partial charge in [0.25, 0.3) is 12.1 Å². The van der Waals surface area contributed by atoms with Crippen LogP contribution in [0, 0.1) is 10.1 Å². The summed E-state index contributed by atoms with van der Waals surface area (Å²) < 4.78 is 7.12. The van der Waals surface area contributed by atoms with E-state index in [-0.39, 0.29) is 11.1 Å². The number of para-hydroxylation sites is 1. The van der Waals surface area contributed by atoms with Crippen LogP contribution in [0.15, 0.2) is 60.7 Å². The summed E-state index contributed by atoms with van der Waals surface area (Å²) in [5.74, 6) is 0.859. The molecule has 1 aromatic heterocycles. The standard InChI is InChI=1S/C20H22N4O4/c1-20(2,3)17-13-18(23(22-17)14-7-5-4-6-8-14)21-19(25)28-16-11-9-15(10-12-16)24(26)27/h4-13,19,21,25H,1-3H3. The Hall–Kier alpha value is -3.39. The molecule has 8 heteroatoms. The lowest BCUT2D eigenvalue weighted by Gasteiger charge is -2.16. The van der Waals surface area contributed by atoms with E-state index in [4.69, 9.17) is 4.74 Å². The largest absolute Gasteiger partial charge is 0.447 e. The molecule has 146 valence electrons. The van der Waals surface area contributed by atoms with Gasteiger partial charge in [-0.2, -0.15) is 5.10 Å². The molecule has 8 nitrogen and oxygen atoms in total. The van der Waals surface area contributed by atoms with Crippen LogP contribution in [0.25, 0.3) is 5.69 Å². The van der Waals surface area contributed by atoms with E-state index in [1.165, 1.54) is 24.3 Å². The second-order valence-electron chi connectivity index (χ2n) is 7.28. The van der Waals surface area contributed by atoms with Gasteiger partial charge in [-0.1, -0.05) is 39.0 Å². The van der Waals surface area contributed by atoms with Crippen LogP contribution >= 0.6 is 0 Å². The fourth-order valence-corrected chi connectivity index (χ4v) is 2.55. The van der Waals surface area contributed by atoms with Crippen LogP contribution < -0.4 is 10.1 Å². The molecule has 0 fully saturated rings. The van der Waals surface area contributed by atoms with Gasteiger partial charge in [-0.15, -0.1) is 0 Å². The smallest absolute Gasteiger partial charge is 0.280 e. The highest BCUT2D eigenvalue weighted by Gasteiger charge is 2.22. The zero-order valence-electron chi connectivity index (χ0n) is 15.9. The fourth-order valence-electron chi connectivity index (χ4n) is 2.55. The molecule has 0 amide bonds. The second-order valence-corrected chi connectivity index (χ2v) is 7.28. The van der Waals surface area contributed by atoms with Crippen LogP contribution in [0.1, 0.15) is 26.5 Å². The highest BCUT2D eigenvalue weighted by atomic mass is 16.6. The molecule has 3 aromatic rings. The molecule has 0 spiro atoms. The lowest BCUT2D eigenvalue weighted by molar-refractivity contribution is -0.384. The molecule has 0 bridgehead atoms. The number of anilines is 1. The summed E-state index contributed by atoms with van der Waals surface area (Å²) >= 11 is 0. The lowest BCUT2D eigenvalue weighted by Crippen LogP contribution is -2.27. The van der Waals surface area contributed by atoms with E-state index in [0.29, 0.717) is 11.6 Å². The zero-order chi connectivity index (χ0) is 20.3. The Morgan fingerprint density at radius 3 is 2.36 bits per heavy atom. The van der Waals surface area contributed by atoms with Crippen molar-refractivity contribution in [1.29, 1.82) is 0 Å². The maximum Gasteiger partial charge on any atom is 0.280 e. The average Bonchev–Trinajstić information content (AvgIpc) is 3.07. The number of rotatable bonds is 6. The Morgan fingerprint density at radius 2 is 1.79 bits per heavy atom. The van der Waals surface area contributed by atoms with E-state index in [0.717, 1.165) is 11.4 Å². The number of aliphatic hydroxyl groups is 1. The van der Waals surface area contributed by atoms with E-state index >= 15 is 0 Å². The van der Waals surface area contributed by atoms with Gasteiger partial charge in [0, 0.05) is 23.6 Å². The Morgan fingerprint density at radius 1 is 1.14 bits per heavy atom. The first-order valence-electron chi connectivity index (χ1n) is 8.76. The molecule has 0 aliphatic rings. The number of nitro groups is 1. The molecule has 1 unspecified atom stereocenters. The normalized spacial score (nSPS) is 12.4. The molecule has 1 heterocycles. The predicted molar refractivity (Wildman–Crippen MR) is 106 cm³/mol. The van der Waals surface area contributed by atoms with Crippen molar-refractivity contribution >= 4 is 11.5 Å². The SMILES string of the molecule is CC(C)(C)c1cc(NC(O)Oc2ccc([N+](=O)[O-])cc2)n(-c2ccccc2)n1. The Balaban J connectivity index is 1.82. The summed E-state index contributed by atoms with van der Waals surface area (Å²) in [5.41, 5.74) is 1.46. The maximum atomic E-state index is 10.7. The van der Waals surface area contributed by atoms with E-state index in [2.05, 4.69) is 31.2 Å². The number of aliphatic hydroxyl groups excluding tert-OH is 1. The first kappa shape index (κ1) is 19.4. The van der Waals surface area contributed by atoms with Gasteiger partial charge in [-0.3, -0.25) is 10.1 Å². The van der Waals surface area contributed by atoms with E-state index in [1.54, 1.807) is 4.68 Å². The summed E-state index contributed by atoms with van der Waals surface area (Å²) in [5, 5.41) is 28.6. The van der Waals surface area contributed by atoms with Gasteiger partial charge in [-0.05, 0) is 24.3 Å². The molecule has 28 heavy (non-hydrogen) atoms. The van der Waals surface area contributed by atoms with E-state index < -0.39 is 11.3 Å². The molecule has 2 N–H and O–H groups in total. The van der Waals surface area contributed by atoms with Crippen LogP contribution in [-0.2, 0) is 5.41 Å². The third-order valence-electron chi connectivity index (χ3n) is 4.05. The molecular formula is C20H22N4O4. The summed E-state index contributed by atoms with van der Waals surface area (Å²) in [4.78, 5) is 10.2. The van der Waals surface area contributed by atoms with Crippen molar-refractivity contribution in [3.8, 4) is 11.4 Å². The van der Waals surface area contributed by atoms with Crippen LogP contribution in [0.3, 0.4) is 0 Å². The second kappa shape index (κ2) is 7.69. The van der Waals surface area contributed by atoms with Gasteiger partial charge in [0.15, 0.2) is 0 Å². The minimum absolute atomic E-state index is 0.0493. The van der Waals surface area contributed by atoms with E-state index in [1.807, 2.05) is 36.4 Å². The van der Waals surface area contributed by atoms with Crippen molar-refractivity contribution in [3.05, 3.63) is 76.5 Å². The number of nitrogens with one attached hydrogen (secondary N) is 1. The lowest BCUT2D eigenvalue weighted by atomic mass is 9.92. The van der Waals surface area contributed by atoms with Crippen molar-refractivity contribution in [2.45, 2.75) is 32.6 Å². The van der Waals surface area contributed by atoms with Gasteiger partial charge < -0.3 is 15.2 Å². The summed E-state index contributed by atoms with van der Waals surface area (Å²) in [6, 6.07) is 16.9. The van der Waals surface area contributed by atoms with Crippen molar-refractivity contribution in [2.75, 3.05) is 5.32 Å². The summed E-state index contributed by atoms with van der Waals surface area (Å²) in [6.45, 7) is 6.16. The third kappa shape index (κ3) is 4.47. The summed E-state index contributed by atoms with van der Waals surface area (Å²) in [6.07, 6.45) is -1.37. The van der Waals surface area contributed by atoms with Crippen LogP contribution in [0.5, 0.6) is 5.75 Å². The topological polar surface area (TPSA) is 102 Å². The van der Waals surface area contributed by atoms with Crippen LogP contribution in [0.2, 0.25) is 0 Å². The van der Waals surface area contributed by atoms with Crippen molar-refractivity contribution < 1.29 is 14.8 Å². The Bertz CT molecular complexity index is 947. The Labute approximate surface area is 162 Å². The molecule has 0 aliphatic heterocycles. The van der Waals surface area contributed by atoms with Crippen molar-refractivity contribution in [3.63, 3.8) is 0 Å². The molecular weight excluding hydrogens is 360 g/mol. The van der Waals surface area contributed by atoms with Gasteiger partial charge in [0.1, 0.15) is 11.6 Å².